The third-order valence-corrected chi connectivity index (χ3v) is 5.72. The van der Waals surface area contributed by atoms with Crippen molar-refractivity contribution in [2.24, 2.45) is 0 Å². The van der Waals surface area contributed by atoms with Crippen LogP contribution in [0.25, 0.3) is 0 Å². The number of aromatic nitrogens is 6. The van der Waals surface area contributed by atoms with E-state index in [4.69, 9.17) is 0 Å². The molecule has 4 rings (SSSR count). The van der Waals surface area contributed by atoms with E-state index in [1.807, 2.05) is 0 Å². The fourth-order valence-electron chi connectivity index (χ4n) is 2.93. The minimum Gasteiger partial charge on any atom is -1.00 e. The quantitative estimate of drug-likeness (QED) is 0.214. The van der Waals surface area contributed by atoms with Crippen LogP contribution in [0.1, 0.15) is 30.9 Å². The number of nitrogens with zero attached hydrogens (tertiary/aromatic N) is 6. The van der Waals surface area contributed by atoms with Crippen LogP contribution in [0.2, 0.25) is 0 Å². The third-order valence-electron chi connectivity index (χ3n) is 4.49. The Hall–Kier alpha value is -2.37. The van der Waals surface area contributed by atoms with Gasteiger partial charge in [0.2, 0.25) is 0 Å². The molecule has 33 heavy (non-hydrogen) atoms. The number of hydrogen-bond donors (Lipinski definition) is 0. The largest absolute Gasteiger partial charge is 2.00 e. The Morgan fingerprint density at radius 3 is 1.45 bits per heavy atom. The van der Waals surface area contributed by atoms with Crippen molar-refractivity contribution in [3.8, 4) is 0 Å². The summed E-state index contributed by atoms with van der Waals surface area (Å²) < 4.78 is 39.0. The molecular weight excluding hydrogens is 557 g/mol. The fourth-order valence-corrected chi connectivity index (χ4v) is 3.94. The second kappa shape index (κ2) is 12.8. The molecule has 4 aromatic rings. The maximum Gasteiger partial charge on any atom is 2.00 e. The molecule has 2 N–H and O–H groups in total. The number of halogens is 1. The van der Waals surface area contributed by atoms with Crippen LogP contribution in [0.15, 0.2) is 79.6 Å². The molecule has 0 atom stereocenters. The van der Waals surface area contributed by atoms with Crippen molar-refractivity contribution in [3.05, 3.63) is 90.8 Å². The van der Waals surface area contributed by atoms with Gasteiger partial charge < -0.3 is 22.4 Å². The van der Waals surface area contributed by atoms with Gasteiger partial charge in [-0.1, -0.05) is 43.7 Å². The van der Waals surface area contributed by atoms with Gasteiger partial charge >= 0.3 is 24.6 Å². The first kappa shape index (κ1) is 30.6. The van der Waals surface area contributed by atoms with Gasteiger partial charge in [-0.25, -0.2) is 22.5 Å². The van der Waals surface area contributed by atoms with Crippen LogP contribution in [-0.2, 0) is 34.7 Å². The minimum absolute atomic E-state index is 0. The molecule has 0 spiro atoms. The SMILES string of the molecule is Cc1ccc(C(C)C)cc1.O.O=S(=O)([O-])C(n1cccn1)(n1cccn1)n1cccn1.[Cl-].[Ru+2]. The summed E-state index contributed by atoms with van der Waals surface area (Å²) in [4.78, 5) is 0. The van der Waals surface area contributed by atoms with Crippen molar-refractivity contribution >= 4 is 10.1 Å². The molecular formula is C20H25ClN6O4RuS. The second-order valence-electron chi connectivity index (χ2n) is 6.95. The molecule has 10 nitrogen and oxygen atoms in total. The van der Waals surface area contributed by atoms with Gasteiger partial charge in [-0.2, -0.15) is 15.3 Å². The number of benzene rings is 1. The first-order valence-electron chi connectivity index (χ1n) is 9.29. The van der Waals surface area contributed by atoms with Crippen molar-refractivity contribution in [1.29, 1.82) is 0 Å². The van der Waals surface area contributed by atoms with E-state index >= 15 is 0 Å². The zero-order chi connectivity index (χ0) is 21.8. The van der Waals surface area contributed by atoms with Gasteiger partial charge in [-0.3, -0.25) is 0 Å². The maximum atomic E-state index is 12.0. The van der Waals surface area contributed by atoms with E-state index in [-0.39, 0.29) is 37.4 Å². The first-order valence-corrected chi connectivity index (χ1v) is 10.7. The Morgan fingerprint density at radius 1 is 0.848 bits per heavy atom. The van der Waals surface area contributed by atoms with E-state index in [0.717, 1.165) is 14.0 Å². The Bertz CT molecular complexity index is 1070. The summed E-state index contributed by atoms with van der Waals surface area (Å²) in [5.41, 5.74) is 2.76. The van der Waals surface area contributed by atoms with Gasteiger partial charge in [-0.05, 0) is 36.6 Å². The van der Waals surface area contributed by atoms with Crippen LogP contribution < -0.4 is 12.4 Å². The molecule has 0 aliphatic carbocycles. The van der Waals surface area contributed by atoms with Crippen LogP contribution in [0.5, 0.6) is 0 Å². The number of aryl methyl sites for hydroxylation is 1. The summed E-state index contributed by atoms with van der Waals surface area (Å²) in [5, 5.41) is 9.39. The van der Waals surface area contributed by atoms with E-state index in [2.05, 4.69) is 60.3 Å². The van der Waals surface area contributed by atoms with Crippen LogP contribution in [0.4, 0.5) is 0 Å². The summed E-state index contributed by atoms with van der Waals surface area (Å²) in [6.45, 7) is 6.54. The zero-order valence-corrected chi connectivity index (χ0v) is 21.4. The van der Waals surface area contributed by atoms with Crippen LogP contribution in [-0.4, -0.2) is 47.8 Å². The normalized spacial score (nSPS) is 10.8. The van der Waals surface area contributed by atoms with Gasteiger partial charge in [0.1, 0.15) is 0 Å². The van der Waals surface area contributed by atoms with Crippen molar-refractivity contribution in [1.82, 2.24) is 29.3 Å². The average Bonchev–Trinajstić information content (AvgIpc) is 3.47. The monoisotopic (exact) mass is 582 g/mol. The van der Waals surface area contributed by atoms with Crippen molar-refractivity contribution < 1.29 is 50.3 Å². The summed E-state index contributed by atoms with van der Waals surface area (Å²) in [5.74, 6) is 0.653. The maximum absolute atomic E-state index is 12.0. The molecule has 0 aliphatic rings. The molecule has 3 heterocycles. The molecule has 0 saturated carbocycles. The summed E-state index contributed by atoms with van der Waals surface area (Å²) in [6, 6.07) is 13.2. The molecule has 1 aromatic carbocycles. The first-order chi connectivity index (χ1) is 14.3. The van der Waals surface area contributed by atoms with Crippen LogP contribution in [0.3, 0.4) is 0 Å². The predicted octanol–water partition coefficient (Wildman–Crippen LogP) is -1.22. The number of hydrogen-bond acceptors (Lipinski definition) is 6. The molecule has 0 saturated heterocycles. The molecule has 0 bridgehead atoms. The molecule has 0 unspecified atom stereocenters. The Labute approximate surface area is 211 Å². The molecule has 0 fully saturated rings. The van der Waals surface area contributed by atoms with Gasteiger partial charge in [0.15, 0.2) is 10.1 Å². The van der Waals surface area contributed by atoms with Crippen molar-refractivity contribution in [3.63, 3.8) is 0 Å². The van der Waals surface area contributed by atoms with Crippen molar-refractivity contribution in [2.45, 2.75) is 31.8 Å². The van der Waals surface area contributed by atoms with Gasteiger partial charge in [-0.15, -0.1) is 0 Å². The van der Waals surface area contributed by atoms with Crippen LogP contribution in [0, 0.1) is 6.92 Å². The second-order valence-corrected chi connectivity index (χ2v) is 8.40. The van der Waals surface area contributed by atoms with Gasteiger partial charge in [0, 0.05) is 37.2 Å². The van der Waals surface area contributed by atoms with E-state index < -0.39 is 15.2 Å². The van der Waals surface area contributed by atoms with E-state index in [0.29, 0.717) is 5.92 Å². The summed E-state index contributed by atoms with van der Waals surface area (Å²) >= 11 is 0. The minimum atomic E-state index is -4.94. The Balaban J connectivity index is 0.000000681. The van der Waals surface area contributed by atoms with E-state index in [9.17, 15) is 13.0 Å². The summed E-state index contributed by atoms with van der Waals surface area (Å²) in [7, 11) is -4.94. The summed E-state index contributed by atoms with van der Waals surface area (Å²) in [6.07, 6.45) is 8.18. The Kier molecular flexibility index (Phi) is 11.8. The molecule has 0 amide bonds. The fraction of sp³-hybridized carbons (Fsp3) is 0.250. The molecule has 0 aliphatic heterocycles. The van der Waals surface area contributed by atoms with E-state index in [1.165, 1.54) is 66.5 Å². The topological polar surface area (TPSA) is 142 Å². The Morgan fingerprint density at radius 2 is 1.21 bits per heavy atom. The zero-order valence-electron chi connectivity index (χ0n) is 18.1. The molecule has 0 radical (unpaired) electrons. The molecule has 180 valence electrons. The smallest absolute Gasteiger partial charge is 1.00 e. The van der Waals surface area contributed by atoms with Gasteiger partial charge in [0.25, 0.3) is 0 Å². The third kappa shape index (κ3) is 6.36. The van der Waals surface area contributed by atoms with Gasteiger partial charge in [0.05, 0.1) is 0 Å². The predicted molar refractivity (Wildman–Crippen MR) is 114 cm³/mol. The molecule has 13 heteroatoms. The van der Waals surface area contributed by atoms with E-state index in [1.54, 1.807) is 0 Å². The van der Waals surface area contributed by atoms with Crippen LogP contribution >= 0.6 is 0 Å². The molecule has 3 aromatic heterocycles. The van der Waals surface area contributed by atoms with Crippen molar-refractivity contribution in [2.75, 3.05) is 0 Å². The number of rotatable bonds is 5. The average molecular weight is 582 g/mol. The standard InChI is InChI=1S/C10H10N6O3S.C10H14.ClH.H2O.Ru/c17-20(18,19)10(14-7-1-4-11-14,15-8-2-5-12-15)16-9-3-6-13-16;1-8(2)10-6-4-9(3)5-7-10;;;/h1-9H,(H,17,18,19);4-8H,1-3H3;1H;1H2;/q;;;;+2/p-2.